The van der Waals surface area contributed by atoms with Crippen LogP contribution in [0.2, 0.25) is 0 Å². The highest BCUT2D eigenvalue weighted by atomic mass is 16.3. The Kier molecular flexibility index (Phi) is 6.17. The van der Waals surface area contributed by atoms with Crippen molar-refractivity contribution in [3.8, 4) is 0 Å². The number of fused-ring (bicyclic) bond motifs is 1. The quantitative estimate of drug-likeness (QED) is 0.335. The van der Waals surface area contributed by atoms with Crippen LogP contribution in [0.5, 0.6) is 0 Å². The Labute approximate surface area is 214 Å². The van der Waals surface area contributed by atoms with Gasteiger partial charge >= 0.3 is 6.03 Å². The van der Waals surface area contributed by atoms with Crippen LogP contribution in [0.25, 0.3) is 11.0 Å². The standard InChI is InChI=1S/C29H28N4O4/c1-19(2)33(23-15-13-22(14-16-23)30-21-10-5-4-6-11-21)26(34)18-32-27(35)29(3,31-28(32)36)25-17-20-9-7-8-12-24(20)37-25/h4-17,19,30H,18H2,1-3H3,(H,31,36)/t29-/m0/s1. The summed E-state index contributed by atoms with van der Waals surface area (Å²) in [5.41, 5.74) is 1.72. The summed E-state index contributed by atoms with van der Waals surface area (Å²) in [5.74, 6) is -0.573. The van der Waals surface area contributed by atoms with Gasteiger partial charge in [-0.25, -0.2) is 4.79 Å². The molecule has 188 valence electrons. The first-order valence-electron chi connectivity index (χ1n) is 12.1. The van der Waals surface area contributed by atoms with Gasteiger partial charge in [-0.1, -0.05) is 36.4 Å². The molecule has 0 saturated carbocycles. The van der Waals surface area contributed by atoms with E-state index < -0.39 is 17.5 Å². The van der Waals surface area contributed by atoms with Crippen LogP contribution in [-0.2, 0) is 15.1 Å². The van der Waals surface area contributed by atoms with Gasteiger partial charge in [0.1, 0.15) is 17.9 Å². The number of anilines is 3. The number of furan rings is 1. The number of urea groups is 1. The summed E-state index contributed by atoms with van der Waals surface area (Å²) < 4.78 is 5.87. The normalized spacial score (nSPS) is 17.4. The lowest BCUT2D eigenvalue weighted by Crippen LogP contribution is -2.46. The number of para-hydroxylation sites is 2. The van der Waals surface area contributed by atoms with Gasteiger partial charge in [-0.05, 0) is 69.3 Å². The van der Waals surface area contributed by atoms with E-state index in [1.807, 2.05) is 86.6 Å². The topological polar surface area (TPSA) is 94.9 Å². The second-order valence-corrected chi connectivity index (χ2v) is 9.49. The van der Waals surface area contributed by atoms with Crippen LogP contribution in [0.4, 0.5) is 21.9 Å². The first kappa shape index (κ1) is 24.1. The van der Waals surface area contributed by atoms with E-state index in [4.69, 9.17) is 4.42 Å². The lowest BCUT2D eigenvalue weighted by atomic mass is 9.99. The largest absolute Gasteiger partial charge is 0.458 e. The molecule has 4 amide bonds. The van der Waals surface area contributed by atoms with E-state index in [2.05, 4.69) is 10.6 Å². The monoisotopic (exact) mass is 496 g/mol. The molecule has 2 heterocycles. The zero-order valence-electron chi connectivity index (χ0n) is 20.9. The van der Waals surface area contributed by atoms with Gasteiger partial charge in [0, 0.05) is 28.5 Å². The lowest BCUT2D eigenvalue weighted by Gasteiger charge is -2.28. The van der Waals surface area contributed by atoms with Gasteiger partial charge in [-0.15, -0.1) is 0 Å². The van der Waals surface area contributed by atoms with E-state index in [1.54, 1.807) is 24.0 Å². The zero-order chi connectivity index (χ0) is 26.2. The van der Waals surface area contributed by atoms with Crippen molar-refractivity contribution in [3.05, 3.63) is 90.7 Å². The van der Waals surface area contributed by atoms with Gasteiger partial charge in [0.15, 0.2) is 5.54 Å². The summed E-state index contributed by atoms with van der Waals surface area (Å²) in [7, 11) is 0. The first-order valence-corrected chi connectivity index (χ1v) is 12.1. The highest BCUT2D eigenvalue weighted by Gasteiger charge is 2.52. The van der Waals surface area contributed by atoms with Gasteiger partial charge in [0.05, 0.1) is 0 Å². The van der Waals surface area contributed by atoms with E-state index in [0.29, 0.717) is 17.0 Å². The van der Waals surface area contributed by atoms with Crippen molar-refractivity contribution in [1.82, 2.24) is 10.2 Å². The second-order valence-electron chi connectivity index (χ2n) is 9.49. The molecule has 37 heavy (non-hydrogen) atoms. The number of hydrogen-bond acceptors (Lipinski definition) is 5. The minimum absolute atomic E-state index is 0.192. The average Bonchev–Trinajstić information content (AvgIpc) is 3.41. The molecule has 0 radical (unpaired) electrons. The molecular weight excluding hydrogens is 468 g/mol. The predicted molar refractivity (Wildman–Crippen MR) is 143 cm³/mol. The second kappa shape index (κ2) is 9.46. The number of nitrogens with one attached hydrogen (secondary N) is 2. The van der Waals surface area contributed by atoms with Crippen LogP contribution >= 0.6 is 0 Å². The third kappa shape index (κ3) is 4.53. The Morgan fingerprint density at radius 2 is 1.62 bits per heavy atom. The SMILES string of the molecule is CC(C)N(C(=O)CN1C(=O)N[C@@](C)(c2cc3ccccc3o2)C1=O)c1ccc(Nc2ccccc2)cc1. The molecule has 1 atom stereocenters. The number of amides is 4. The predicted octanol–water partition coefficient (Wildman–Crippen LogP) is 5.39. The van der Waals surface area contributed by atoms with Crippen molar-refractivity contribution in [2.45, 2.75) is 32.4 Å². The number of hydrogen-bond donors (Lipinski definition) is 2. The summed E-state index contributed by atoms with van der Waals surface area (Å²) in [6.07, 6.45) is 0. The zero-order valence-corrected chi connectivity index (χ0v) is 20.9. The maximum atomic E-state index is 13.4. The fraction of sp³-hybridized carbons (Fsp3) is 0.207. The van der Waals surface area contributed by atoms with Crippen molar-refractivity contribution < 1.29 is 18.8 Å². The third-order valence-corrected chi connectivity index (χ3v) is 6.48. The molecule has 1 aliphatic heterocycles. The van der Waals surface area contributed by atoms with Crippen molar-refractivity contribution in [2.24, 2.45) is 0 Å². The smallest absolute Gasteiger partial charge is 0.325 e. The van der Waals surface area contributed by atoms with E-state index in [0.717, 1.165) is 21.7 Å². The number of nitrogens with zero attached hydrogens (tertiary/aromatic N) is 2. The maximum Gasteiger partial charge on any atom is 0.325 e. The number of rotatable bonds is 7. The van der Waals surface area contributed by atoms with Crippen LogP contribution in [0, 0.1) is 0 Å². The van der Waals surface area contributed by atoms with E-state index in [1.165, 1.54) is 0 Å². The van der Waals surface area contributed by atoms with E-state index >= 15 is 0 Å². The summed E-state index contributed by atoms with van der Waals surface area (Å²) in [6.45, 7) is 4.98. The van der Waals surface area contributed by atoms with Crippen LogP contribution in [0.1, 0.15) is 26.5 Å². The Morgan fingerprint density at radius 3 is 2.30 bits per heavy atom. The number of carbonyl (C=O) groups is 3. The van der Waals surface area contributed by atoms with Crippen LogP contribution in [0.15, 0.2) is 89.3 Å². The molecule has 1 aliphatic rings. The molecule has 8 heteroatoms. The molecule has 0 bridgehead atoms. The molecule has 0 aliphatic carbocycles. The Balaban J connectivity index is 1.33. The third-order valence-electron chi connectivity index (χ3n) is 6.48. The highest BCUT2D eigenvalue weighted by Crippen LogP contribution is 2.33. The Morgan fingerprint density at radius 1 is 0.973 bits per heavy atom. The fourth-order valence-corrected chi connectivity index (χ4v) is 4.57. The van der Waals surface area contributed by atoms with Gasteiger partial charge in [0.2, 0.25) is 5.91 Å². The highest BCUT2D eigenvalue weighted by molar-refractivity contribution is 6.10. The van der Waals surface area contributed by atoms with Gasteiger partial charge < -0.3 is 20.0 Å². The van der Waals surface area contributed by atoms with Crippen LogP contribution in [0.3, 0.4) is 0 Å². The molecule has 8 nitrogen and oxygen atoms in total. The molecule has 4 aromatic rings. The summed E-state index contributed by atoms with van der Waals surface area (Å²) in [4.78, 5) is 42.2. The number of benzene rings is 3. The van der Waals surface area contributed by atoms with Crippen molar-refractivity contribution in [1.29, 1.82) is 0 Å². The molecule has 0 unspecified atom stereocenters. The van der Waals surface area contributed by atoms with Crippen LogP contribution < -0.4 is 15.5 Å². The lowest BCUT2D eigenvalue weighted by molar-refractivity contribution is -0.134. The first-order chi connectivity index (χ1) is 17.8. The van der Waals surface area contributed by atoms with E-state index in [9.17, 15) is 14.4 Å². The van der Waals surface area contributed by atoms with Gasteiger partial charge in [-0.3, -0.25) is 14.5 Å². The van der Waals surface area contributed by atoms with Gasteiger partial charge in [-0.2, -0.15) is 0 Å². The Hall–Kier alpha value is -4.59. The van der Waals surface area contributed by atoms with Crippen molar-refractivity contribution in [3.63, 3.8) is 0 Å². The Bertz CT molecular complexity index is 1430. The molecule has 2 N–H and O–H groups in total. The van der Waals surface area contributed by atoms with Crippen molar-refractivity contribution >= 4 is 45.9 Å². The maximum absolute atomic E-state index is 13.4. The number of carbonyl (C=O) groups excluding carboxylic acids is 3. The van der Waals surface area contributed by atoms with Gasteiger partial charge in [0.25, 0.3) is 5.91 Å². The molecule has 1 saturated heterocycles. The summed E-state index contributed by atoms with van der Waals surface area (Å²) in [6, 6.07) is 25.5. The molecule has 3 aromatic carbocycles. The van der Waals surface area contributed by atoms with Crippen molar-refractivity contribution in [2.75, 3.05) is 16.8 Å². The number of imide groups is 1. The van der Waals surface area contributed by atoms with Crippen LogP contribution in [-0.4, -0.2) is 35.3 Å². The molecule has 0 spiro atoms. The molecule has 1 aromatic heterocycles. The molecular formula is C29H28N4O4. The minimum Gasteiger partial charge on any atom is -0.458 e. The average molecular weight is 497 g/mol. The molecule has 5 rings (SSSR count). The minimum atomic E-state index is -1.40. The van der Waals surface area contributed by atoms with E-state index in [-0.39, 0.29) is 18.5 Å². The summed E-state index contributed by atoms with van der Waals surface area (Å²) in [5, 5.41) is 6.86. The molecule has 1 fully saturated rings. The summed E-state index contributed by atoms with van der Waals surface area (Å²) >= 11 is 0. The fourth-order valence-electron chi connectivity index (χ4n) is 4.57.